The molecule has 0 radical (unpaired) electrons. The van der Waals surface area contributed by atoms with Crippen LogP contribution in [0.25, 0.3) is 11.1 Å². The van der Waals surface area contributed by atoms with E-state index in [4.69, 9.17) is 4.42 Å². The number of rotatable bonds is 6. The van der Waals surface area contributed by atoms with Crippen LogP contribution in [0.4, 0.5) is 0 Å². The fraction of sp³-hybridized carbons (Fsp3) is 0.462. The van der Waals surface area contributed by atoms with Crippen LogP contribution in [0.15, 0.2) is 27.4 Å². The van der Waals surface area contributed by atoms with Gasteiger partial charge in [0.15, 0.2) is 5.58 Å². The van der Waals surface area contributed by atoms with E-state index in [0.717, 1.165) is 37.1 Å². The summed E-state index contributed by atoms with van der Waals surface area (Å²) in [5.41, 5.74) is 2.64. The molecule has 0 atom stereocenters. The number of hydrogen-bond donors (Lipinski definition) is 2. The maximum atomic E-state index is 11.4. The molecular formula is C13H19N3O2. The third kappa shape index (κ3) is 2.80. The van der Waals surface area contributed by atoms with Gasteiger partial charge in [0.05, 0.1) is 5.52 Å². The number of nitrogens with zero attached hydrogens (tertiary/aromatic N) is 1. The molecule has 0 aliphatic heterocycles. The molecule has 2 N–H and O–H groups in total. The summed E-state index contributed by atoms with van der Waals surface area (Å²) < 4.78 is 6.62. The topological polar surface area (TPSA) is 59.2 Å². The highest BCUT2D eigenvalue weighted by molar-refractivity contribution is 5.73. The van der Waals surface area contributed by atoms with Crippen LogP contribution >= 0.6 is 0 Å². The van der Waals surface area contributed by atoms with Crippen molar-refractivity contribution in [3.8, 4) is 0 Å². The van der Waals surface area contributed by atoms with Gasteiger partial charge in [0, 0.05) is 13.6 Å². The molecule has 0 unspecified atom stereocenters. The first-order chi connectivity index (χ1) is 8.72. The van der Waals surface area contributed by atoms with Crippen molar-refractivity contribution >= 4 is 11.1 Å². The maximum Gasteiger partial charge on any atom is 0.419 e. The molecule has 1 aromatic carbocycles. The van der Waals surface area contributed by atoms with E-state index >= 15 is 0 Å². The Morgan fingerprint density at radius 2 is 2.17 bits per heavy atom. The first kappa shape index (κ1) is 12.9. The largest absolute Gasteiger partial charge is 0.419 e. The Hall–Kier alpha value is -1.59. The Kier molecular flexibility index (Phi) is 4.17. The summed E-state index contributed by atoms with van der Waals surface area (Å²) >= 11 is 0. The first-order valence-corrected chi connectivity index (χ1v) is 6.16. The average molecular weight is 249 g/mol. The third-order valence-electron chi connectivity index (χ3n) is 2.97. The van der Waals surface area contributed by atoms with Crippen molar-refractivity contribution in [3.63, 3.8) is 0 Å². The van der Waals surface area contributed by atoms with Crippen molar-refractivity contribution in [1.82, 2.24) is 15.2 Å². The zero-order valence-corrected chi connectivity index (χ0v) is 10.8. The summed E-state index contributed by atoms with van der Waals surface area (Å²) in [5.74, 6) is -0.316. The smallest absolute Gasteiger partial charge is 0.408 e. The lowest BCUT2D eigenvalue weighted by molar-refractivity contribution is 0.528. The van der Waals surface area contributed by atoms with Crippen molar-refractivity contribution < 1.29 is 4.42 Å². The van der Waals surface area contributed by atoms with Crippen LogP contribution in [-0.4, -0.2) is 24.7 Å². The highest BCUT2D eigenvalue weighted by atomic mass is 16.4. The monoisotopic (exact) mass is 249 g/mol. The van der Waals surface area contributed by atoms with Crippen molar-refractivity contribution in [3.05, 3.63) is 34.3 Å². The fourth-order valence-corrected chi connectivity index (χ4v) is 1.91. The molecule has 0 bridgehead atoms. The lowest BCUT2D eigenvalue weighted by atomic mass is 10.2. The zero-order chi connectivity index (χ0) is 13.0. The number of oxazole rings is 1. The molecule has 0 saturated carbocycles. The average Bonchev–Trinajstić information content (AvgIpc) is 2.65. The number of hydrogen-bond acceptors (Lipinski definition) is 4. The molecule has 0 spiro atoms. The Morgan fingerprint density at radius 3 is 2.94 bits per heavy atom. The second-order valence-corrected chi connectivity index (χ2v) is 4.36. The van der Waals surface area contributed by atoms with Gasteiger partial charge in [-0.2, -0.15) is 0 Å². The van der Waals surface area contributed by atoms with E-state index in [-0.39, 0.29) is 5.76 Å². The minimum Gasteiger partial charge on any atom is -0.408 e. The Balaban J connectivity index is 2.01. The number of nitrogens with one attached hydrogen (secondary N) is 2. The molecule has 5 nitrogen and oxygen atoms in total. The summed E-state index contributed by atoms with van der Waals surface area (Å²) in [6, 6.07) is 5.82. The molecule has 0 aliphatic carbocycles. The van der Waals surface area contributed by atoms with Crippen LogP contribution in [0.5, 0.6) is 0 Å². The summed E-state index contributed by atoms with van der Waals surface area (Å²) in [5, 5.41) is 6.48. The predicted molar refractivity (Wildman–Crippen MR) is 71.7 cm³/mol. The van der Waals surface area contributed by atoms with Gasteiger partial charge in [0.25, 0.3) is 0 Å². The quantitative estimate of drug-likeness (QED) is 0.745. The minimum absolute atomic E-state index is 0.316. The highest BCUT2D eigenvalue weighted by Crippen LogP contribution is 2.13. The molecule has 0 fully saturated rings. The Bertz CT molecular complexity index is 571. The number of aryl methyl sites for hydroxylation is 1. The summed E-state index contributed by atoms with van der Waals surface area (Å²) in [6.07, 6.45) is 1.10. The lowest BCUT2D eigenvalue weighted by Crippen LogP contribution is -2.19. The molecule has 18 heavy (non-hydrogen) atoms. The van der Waals surface area contributed by atoms with E-state index in [2.05, 4.69) is 10.6 Å². The molecule has 5 heteroatoms. The molecular weight excluding hydrogens is 230 g/mol. The van der Waals surface area contributed by atoms with Gasteiger partial charge >= 0.3 is 5.76 Å². The van der Waals surface area contributed by atoms with Crippen molar-refractivity contribution in [2.75, 3.05) is 20.1 Å². The second kappa shape index (κ2) is 5.84. The third-order valence-corrected chi connectivity index (χ3v) is 2.97. The number of benzene rings is 1. The lowest BCUT2D eigenvalue weighted by Gasteiger charge is -2.05. The van der Waals surface area contributed by atoms with Crippen LogP contribution in [0.2, 0.25) is 0 Å². The predicted octanol–water partition coefficient (Wildman–Crippen LogP) is 0.831. The van der Waals surface area contributed by atoms with Gasteiger partial charge in [-0.25, -0.2) is 4.79 Å². The van der Waals surface area contributed by atoms with Crippen LogP contribution in [-0.2, 0) is 13.6 Å². The van der Waals surface area contributed by atoms with Crippen LogP contribution in [0.1, 0.15) is 12.0 Å². The van der Waals surface area contributed by atoms with Gasteiger partial charge in [-0.15, -0.1) is 0 Å². The molecule has 98 valence electrons. The van der Waals surface area contributed by atoms with Crippen molar-refractivity contribution in [1.29, 1.82) is 0 Å². The van der Waals surface area contributed by atoms with Crippen LogP contribution < -0.4 is 16.4 Å². The van der Waals surface area contributed by atoms with E-state index < -0.39 is 0 Å². The normalized spacial score (nSPS) is 11.2. The standard InChI is InChI=1S/C13H19N3O2/c1-14-6-3-7-15-9-10-4-5-12-11(8-10)16(2)13(17)18-12/h4-5,8,14-15H,3,6-7,9H2,1-2H3. The minimum atomic E-state index is -0.316. The maximum absolute atomic E-state index is 11.4. The van der Waals surface area contributed by atoms with E-state index in [9.17, 15) is 4.79 Å². The van der Waals surface area contributed by atoms with Gasteiger partial charge in [-0.3, -0.25) is 4.57 Å². The highest BCUT2D eigenvalue weighted by Gasteiger charge is 2.05. The number of aromatic nitrogens is 1. The van der Waals surface area contributed by atoms with Crippen LogP contribution in [0, 0.1) is 0 Å². The molecule has 2 rings (SSSR count). The molecule has 0 amide bonds. The van der Waals surface area contributed by atoms with Crippen LogP contribution in [0.3, 0.4) is 0 Å². The van der Waals surface area contributed by atoms with Gasteiger partial charge in [-0.1, -0.05) is 6.07 Å². The summed E-state index contributed by atoms with van der Waals surface area (Å²) in [6.45, 7) is 2.80. The summed E-state index contributed by atoms with van der Waals surface area (Å²) in [7, 11) is 3.67. The Morgan fingerprint density at radius 1 is 1.33 bits per heavy atom. The SMILES string of the molecule is CNCCCNCc1ccc2oc(=O)n(C)c2c1. The Labute approximate surface area is 106 Å². The van der Waals surface area contributed by atoms with E-state index in [1.165, 1.54) is 4.57 Å². The van der Waals surface area contributed by atoms with E-state index in [0.29, 0.717) is 5.58 Å². The fourth-order valence-electron chi connectivity index (χ4n) is 1.91. The first-order valence-electron chi connectivity index (χ1n) is 6.16. The van der Waals surface area contributed by atoms with Gasteiger partial charge in [0.2, 0.25) is 0 Å². The molecule has 0 aliphatic rings. The van der Waals surface area contributed by atoms with Gasteiger partial charge in [0.1, 0.15) is 0 Å². The van der Waals surface area contributed by atoms with Crippen molar-refractivity contribution in [2.45, 2.75) is 13.0 Å². The second-order valence-electron chi connectivity index (χ2n) is 4.36. The number of fused-ring (bicyclic) bond motifs is 1. The zero-order valence-electron chi connectivity index (χ0n) is 10.8. The van der Waals surface area contributed by atoms with E-state index in [1.54, 1.807) is 7.05 Å². The molecule has 1 heterocycles. The van der Waals surface area contributed by atoms with Crippen molar-refractivity contribution in [2.24, 2.45) is 7.05 Å². The van der Waals surface area contributed by atoms with E-state index in [1.807, 2.05) is 25.2 Å². The molecule has 2 aromatic rings. The molecule has 1 aromatic heterocycles. The van der Waals surface area contributed by atoms with Gasteiger partial charge < -0.3 is 15.1 Å². The van der Waals surface area contributed by atoms with Gasteiger partial charge in [-0.05, 0) is 44.3 Å². The molecule has 0 saturated heterocycles. The summed E-state index contributed by atoms with van der Waals surface area (Å²) in [4.78, 5) is 11.4.